The highest BCUT2D eigenvalue weighted by molar-refractivity contribution is 4.79. The minimum absolute atomic E-state index is 0.752. The highest BCUT2D eigenvalue weighted by atomic mass is 15.2. The summed E-state index contributed by atoms with van der Waals surface area (Å²) in [7, 11) is 0. The van der Waals surface area contributed by atoms with Crippen molar-refractivity contribution in [3.63, 3.8) is 0 Å². The van der Waals surface area contributed by atoms with Gasteiger partial charge in [-0.3, -0.25) is 4.90 Å². The highest BCUT2D eigenvalue weighted by Crippen LogP contribution is 2.22. The predicted octanol–water partition coefficient (Wildman–Crippen LogP) is 3.03. The molecule has 2 unspecified atom stereocenters. The molecule has 1 aliphatic rings. The quantitative estimate of drug-likeness (QED) is 0.700. The molecule has 1 rings (SSSR count). The van der Waals surface area contributed by atoms with Gasteiger partial charge < -0.3 is 5.32 Å². The average Bonchev–Trinajstić information content (AvgIpc) is 2.54. The largest absolute Gasteiger partial charge is 0.317 e. The van der Waals surface area contributed by atoms with Gasteiger partial charge in [0.05, 0.1) is 0 Å². The van der Waals surface area contributed by atoms with E-state index < -0.39 is 0 Å². The molecule has 16 heavy (non-hydrogen) atoms. The molecule has 2 heteroatoms. The van der Waals surface area contributed by atoms with Crippen LogP contribution in [0.4, 0.5) is 0 Å². The molecule has 2 nitrogen and oxygen atoms in total. The van der Waals surface area contributed by atoms with Crippen molar-refractivity contribution < 1.29 is 0 Å². The first-order valence-corrected chi connectivity index (χ1v) is 7.26. The van der Waals surface area contributed by atoms with Gasteiger partial charge in [0, 0.05) is 12.1 Å². The fourth-order valence-corrected chi connectivity index (χ4v) is 2.87. The van der Waals surface area contributed by atoms with Crippen LogP contribution < -0.4 is 5.32 Å². The standard InChI is InChI=1S/C14H30N2/c1-4-14-9-7-6-8-12-16(14)13(3)10-11-15-5-2/h13-15H,4-12H2,1-3H3. The Kier molecular flexibility index (Phi) is 7.06. The molecule has 0 amide bonds. The van der Waals surface area contributed by atoms with Crippen LogP contribution in [0.2, 0.25) is 0 Å². The van der Waals surface area contributed by atoms with Crippen molar-refractivity contribution in [2.24, 2.45) is 0 Å². The lowest BCUT2D eigenvalue weighted by atomic mass is 10.0. The van der Waals surface area contributed by atoms with Crippen LogP contribution in [0.25, 0.3) is 0 Å². The molecular formula is C14H30N2. The maximum atomic E-state index is 3.44. The van der Waals surface area contributed by atoms with Crippen molar-refractivity contribution in [1.82, 2.24) is 10.2 Å². The van der Waals surface area contributed by atoms with E-state index in [2.05, 4.69) is 31.0 Å². The van der Waals surface area contributed by atoms with Crippen LogP contribution >= 0.6 is 0 Å². The average molecular weight is 226 g/mol. The van der Waals surface area contributed by atoms with Crippen molar-refractivity contribution in [2.45, 2.75) is 71.4 Å². The molecule has 1 heterocycles. The Morgan fingerprint density at radius 2 is 2.06 bits per heavy atom. The van der Waals surface area contributed by atoms with Crippen LogP contribution in [0.5, 0.6) is 0 Å². The number of nitrogens with one attached hydrogen (secondary N) is 1. The van der Waals surface area contributed by atoms with E-state index in [4.69, 9.17) is 0 Å². The van der Waals surface area contributed by atoms with Crippen LogP contribution in [0.3, 0.4) is 0 Å². The molecule has 0 aliphatic carbocycles. The molecule has 1 N–H and O–H groups in total. The van der Waals surface area contributed by atoms with Crippen molar-refractivity contribution in [2.75, 3.05) is 19.6 Å². The molecule has 0 spiro atoms. The van der Waals surface area contributed by atoms with Crippen molar-refractivity contribution >= 4 is 0 Å². The van der Waals surface area contributed by atoms with Crippen LogP contribution in [-0.2, 0) is 0 Å². The summed E-state index contributed by atoms with van der Waals surface area (Å²) in [5.41, 5.74) is 0. The Morgan fingerprint density at radius 3 is 2.75 bits per heavy atom. The van der Waals surface area contributed by atoms with Gasteiger partial charge in [-0.1, -0.05) is 26.7 Å². The third-order valence-corrected chi connectivity index (χ3v) is 3.95. The van der Waals surface area contributed by atoms with Gasteiger partial charge in [-0.25, -0.2) is 0 Å². The first-order valence-electron chi connectivity index (χ1n) is 7.26. The Bertz CT molecular complexity index is 170. The summed E-state index contributed by atoms with van der Waals surface area (Å²) in [5, 5.41) is 3.44. The molecule has 1 fully saturated rings. The third-order valence-electron chi connectivity index (χ3n) is 3.95. The SMILES string of the molecule is CCNCCC(C)N1CCCCCC1CC. The van der Waals surface area contributed by atoms with Crippen molar-refractivity contribution in [1.29, 1.82) is 0 Å². The lowest BCUT2D eigenvalue weighted by Crippen LogP contribution is -2.42. The second-order valence-electron chi connectivity index (χ2n) is 5.14. The molecule has 0 bridgehead atoms. The summed E-state index contributed by atoms with van der Waals surface area (Å²) in [6.07, 6.45) is 8.32. The Hall–Kier alpha value is -0.0800. The third kappa shape index (κ3) is 4.42. The van der Waals surface area contributed by atoms with E-state index in [-0.39, 0.29) is 0 Å². The zero-order chi connectivity index (χ0) is 11.8. The van der Waals surface area contributed by atoms with Gasteiger partial charge in [0.2, 0.25) is 0 Å². The van der Waals surface area contributed by atoms with Gasteiger partial charge in [-0.15, -0.1) is 0 Å². The topological polar surface area (TPSA) is 15.3 Å². The molecule has 0 aromatic carbocycles. The molecule has 0 saturated carbocycles. The van der Waals surface area contributed by atoms with Crippen LogP contribution in [-0.4, -0.2) is 36.6 Å². The van der Waals surface area contributed by atoms with Crippen molar-refractivity contribution in [3.05, 3.63) is 0 Å². The van der Waals surface area contributed by atoms with Gasteiger partial charge in [0.25, 0.3) is 0 Å². The minimum Gasteiger partial charge on any atom is -0.317 e. The molecule has 2 atom stereocenters. The van der Waals surface area contributed by atoms with Gasteiger partial charge in [-0.05, 0) is 52.2 Å². The zero-order valence-corrected chi connectivity index (χ0v) is 11.5. The number of hydrogen-bond donors (Lipinski definition) is 1. The molecule has 1 aliphatic heterocycles. The van der Waals surface area contributed by atoms with E-state index in [0.717, 1.165) is 18.6 Å². The molecule has 0 radical (unpaired) electrons. The van der Waals surface area contributed by atoms with E-state index in [1.807, 2.05) is 0 Å². The Balaban J connectivity index is 2.39. The van der Waals surface area contributed by atoms with Gasteiger partial charge in [0.15, 0.2) is 0 Å². The number of likely N-dealkylation sites (tertiary alicyclic amines) is 1. The Labute approximate surface area is 102 Å². The molecule has 0 aromatic heterocycles. The van der Waals surface area contributed by atoms with E-state index in [9.17, 15) is 0 Å². The van der Waals surface area contributed by atoms with E-state index in [0.29, 0.717) is 0 Å². The van der Waals surface area contributed by atoms with Gasteiger partial charge in [0.1, 0.15) is 0 Å². The monoisotopic (exact) mass is 226 g/mol. The lowest BCUT2D eigenvalue weighted by Gasteiger charge is -2.35. The van der Waals surface area contributed by atoms with Gasteiger partial charge >= 0.3 is 0 Å². The minimum atomic E-state index is 0.752. The molecule has 0 aromatic rings. The van der Waals surface area contributed by atoms with Crippen molar-refractivity contribution in [3.8, 4) is 0 Å². The fraction of sp³-hybridized carbons (Fsp3) is 1.00. The summed E-state index contributed by atoms with van der Waals surface area (Å²) < 4.78 is 0. The summed E-state index contributed by atoms with van der Waals surface area (Å²) in [5.74, 6) is 0. The zero-order valence-electron chi connectivity index (χ0n) is 11.5. The fourth-order valence-electron chi connectivity index (χ4n) is 2.87. The summed E-state index contributed by atoms with van der Waals surface area (Å²) >= 11 is 0. The molecule has 96 valence electrons. The maximum absolute atomic E-state index is 3.44. The second-order valence-corrected chi connectivity index (χ2v) is 5.14. The highest BCUT2D eigenvalue weighted by Gasteiger charge is 2.23. The summed E-state index contributed by atoms with van der Waals surface area (Å²) in [4.78, 5) is 2.77. The summed E-state index contributed by atoms with van der Waals surface area (Å²) in [6, 6.07) is 1.60. The summed E-state index contributed by atoms with van der Waals surface area (Å²) in [6.45, 7) is 10.5. The Morgan fingerprint density at radius 1 is 1.25 bits per heavy atom. The lowest BCUT2D eigenvalue weighted by molar-refractivity contribution is 0.135. The first kappa shape index (κ1) is 14.0. The first-order chi connectivity index (χ1) is 7.79. The van der Waals surface area contributed by atoms with Gasteiger partial charge in [-0.2, -0.15) is 0 Å². The predicted molar refractivity (Wildman–Crippen MR) is 71.9 cm³/mol. The second kappa shape index (κ2) is 8.08. The van der Waals surface area contributed by atoms with E-state index in [1.165, 1.54) is 51.6 Å². The normalized spacial score (nSPS) is 25.3. The number of rotatable bonds is 6. The number of nitrogens with zero attached hydrogens (tertiary/aromatic N) is 1. The van der Waals surface area contributed by atoms with Crippen LogP contribution in [0, 0.1) is 0 Å². The molecule has 1 saturated heterocycles. The number of hydrogen-bond acceptors (Lipinski definition) is 2. The van der Waals surface area contributed by atoms with Crippen LogP contribution in [0.15, 0.2) is 0 Å². The smallest absolute Gasteiger partial charge is 0.00954 e. The van der Waals surface area contributed by atoms with Crippen LogP contribution in [0.1, 0.15) is 59.3 Å². The van der Waals surface area contributed by atoms with E-state index >= 15 is 0 Å². The molecular weight excluding hydrogens is 196 g/mol. The maximum Gasteiger partial charge on any atom is 0.00954 e. The van der Waals surface area contributed by atoms with E-state index in [1.54, 1.807) is 0 Å².